The lowest BCUT2D eigenvalue weighted by Crippen LogP contribution is -1.96. The Morgan fingerprint density at radius 2 is 0.305 bits per heavy atom. The van der Waals surface area contributed by atoms with E-state index in [1.807, 2.05) is 141 Å². The van der Waals surface area contributed by atoms with Crippen LogP contribution in [-0.2, 0) is 46.0 Å². The number of hydrogen-bond acceptors (Lipinski definition) is 12. The summed E-state index contributed by atoms with van der Waals surface area (Å²) in [6, 6.07) is 88.6. The van der Waals surface area contributed by atoms with Gasteiger partial charge < -0.3 is 0 Å². The Balaban J connectivity index is 1.02. The fourth-order valence-electron chi connectivity index (χ4n) is 9.07. The highest BCUT2D eigenvalue weighted by Crippen LogP contribution is 2.70. The van der Waals surface area contributed by atoms with E-state index in [1.165, 1.54) is 112 Å². The fourth-order valence-corrected chi connectivity index (χ4v) is 26.4. The van der Waals surface area contributed by atoms with Crippen molar-refractivity contribution in [3.8, 4) is 0 Å². The van der Waals surface area contributed by atoms with Crippen LogP contribution in [0.2, 0.25) is 0 Å². The van der Waals surface area contributed by atoms with Crippen molar-refractivity contribution in [2.24, 2.45) is 0 Å². The topological polar surface area (TPSA) is 0 Å². The van der Waals surface area contributed by atoms with Crippen LogP contribution in [0.4, 0.5) is 0 Å². The zero-order valence-electron chi connectivity index (χ0n) is 44.6. The molecular formula is C70H56S12. The third kappa shape index (κ3) is 15.2. The van der Waals surface area contributed by atoms with Crippen LogP contribution in [0, 0.1) is 0 Å². The molecule has 0 nitrogen and oxygen atoms in total. The molecule has 0 spiro atoms. The van der Waals surface area contributed by atoms with Gasteiger partial charge in [-0.2, -0.15) is 0 Å². The molecule has 2 aliphatic rings. The first-order valence-corrected chi connectivity index (χ1v) is 38.1. The highest BCUT2D eigenvalue weighted by Gasteiger charge is 2.38. The summed E-state index contributed by atoms with van der Waals surface area (Å²) >= 11 is 24.4. The summed E-state index contributed by atoms with van der Waals surface area (Å²) in [5.41, 5.74) is 10.7. The Labute approximate surface area is 535 Å². The Kier molecular flexibility index (Phi) is 21.4. The number of hydrogen-bond donors (Lipinski definition) is 0. The van der Waals surface area contributed by atoms with Crippen molar-refractivity contribution in [1.29, 1.82) is 0 Å². The first-order chi connectivity index (χ1) is 40.7. The third-order valence-corrected chi connectivity index (χ3v) is 29.7. The van der Waals surface area contributed by atoms with E-state index in [-0.39, 0.29) is 0 Å². The standard InChI is InChI=1S/C70H56S12/c1-9-25-49(26-10-1)41-71-57-58(72-42-50-27-11-2-12-28-50)62(76-46-54-35-19-6-20-36-54)66-65(61(57)75-45-53-33-17-5-18-34-53)79-69(80-66)70-81-67-63(77-47-55-37-21-7-22-38-55)59(73-43-51-29-13-3-14-30-51)60(74-44-52-31-15-4-16-32-52)64(68(67)82-70)78-48-56-39-23-8-24-40-56/h1-40H,41-48H2. The van der Waals surface area contributed by atoms with Gasteiger partial charge in [0.25, 0.3) is 0 Å². The molecule has 82 heavy (non-hydrogen) atoms. The number of fused-ring (bicyclic) bond motifs is 2. The summed E-state index contributed by atoms with van der Waals surface area (Å²) in [5, 5.41) is 0. The molecule has 0 saturated carbocycles. The van der Waals surface area contributed by atoms with Crippen LogP contribution >= 0.6 is 141 Å². The predicted octanol–water partition coefficient (Wildman–Crippen LogP) is 24.2. The smallest absolute Gasteiger partial charge is 0.0707 e. The summed E-state index contributed by atoms with van der Waals surface area (Å²) in [5.74, 6) is 7.18. The second kappa shape index (κ2) is 30.0. The minimum Gasteiger partial charge on any atom is -0.119 e. The summed E-state index contributed by atoms with van der Waals surface area (Å²) < 4.78 is 2.78. The van der Waals surface area contributed by atoms with Crippen LogP contribution in [-0.4, -0.2) is 0 Å². The largest absolute Gasteiger partial charge is 0.119 e. The lowest BCUT2D eigenvalue weighted by Gasteiger charge is -2.22. The third-order valence-electron chi connectivity index (χ3n) is 13.2. The molecule has 0 amide bonds. The first kappa shape index (κ1) is 58.5. The van der Waals surface area contributed by atoms with Gasteiger partial charge in [0.2, 0.25) is 0 Å². The Morgan fingerprint density at radius 3 is 0.451 bits per heavy atom. The lowest BCUT2D eigenvalue weighted by molar-refractivity contribution is 0.877. The maximum absolute atomic E-state index is 2.29. The van der Waals surface area contributed by atoms with Crippen molar-refractivity contribution in [3.63, 3.8) is 0 Å². The minimum absolute atomic E-state index is 0.897. The molecule has 0 fully saturated rings. The highest BCUT2D eigenvalue weighted by molar-refractivity contribution is 8.31. The van der Waals surface area contributed by atoms with Gasteiger partial charge in [-0.15, -0.1) is 94.1 Å². The van der Waals surface area contributed by atoms with Crippen molar-refractivity contribution in [1.82, 2.24) is 0 Å². The van der Waals surface area contributed by atoms with Crippen LogP contribution < -0.4 is 0 Å². The SMILES string of the molecule is c1ccc(CSc2c(SCc3ccccc3)c(SCc3ccccc3)c3c(c2SCc2ccccc2)SC(=C2Sc4c(SCc5ccccc5)c(SCc5ccccc5)c(SCc5ccccc5)c(SCc5ccccc5)c4S2)S3)cc1. The van der Waals surface area contributed by atoms with Gasteiger partial charge in [0.15, 0.2) is 0 Å². The van der Waals surface area contributed by atoms with Gasteiger partial charge in [0, 0.05) is 105 Å². The van der Waals surface area contributed by atoms with Crippen LogP contribution in [0.1, 0.15) is 44.5 Å². The molecule has 408 valence electrons. The number of benzene rings is 10. The van der Waals surface area contributed by atoms with E-state index in [0.717, 1.165) is 46.0 Å². The second-order valence-corrected chi connectivity index (χ2v) is 31.6. The molecule has 0 radical (unpaired) electrons. The van der Waals surface area contributed by atoms with E-state index in [9.17, 15) is 0 Å². The highest BCUT2D eigenvalue weighted by atomic mass is 32.2. The molecule has 2 aliphatic heterocycles. The maximum atomic E-state index is 2.29. The molecule has 0 unspecified atom stereocenters. The van der Waals surface area contributed by atoms with E-state index in [1.54, 1.807) is 0 Å². The van der Waals surface area contributed by atoms with Crippen LogP contribution in [0.25, 0.3) is 0 Å². The van der Waals surface area contributed by atoms with E-state index in [0.29, 0.717) is 0 Å². The van der Waals surface area contributed by atoms with Crippen molar-refractivity contribution in [2.45, 2.75) is 105 Å². The van der Waals surface area contributed by atoms with E-state index in [4.69, 9.17) is 0 Å². The molecule has 10 aromatic rings. The monoisotopic (exact) mass is 1280 g/mol. The van der Waals surface area contributed by atoms with E-state index < -0.39 is 0 Å². The van der Waals surface area contributed by atoms with Crippen LogP contribution in [0.3, 0.4) is 0 Å². The maximum Gasteiger partial charge on any atom is 0.0707 e. The zero-order chi connectivity index (χ0) is 55.1. The predicted molar refractivity (Wildman–Crippen MR) is 371 cm³/mol. The van der Waals surface area contributed by atoms with Gasteiger partial charge in [-0.1, -0.05) is 290 Å². The molecule has 10 aromatic carbocycles. The van der Waals surface area contributed by atoms with Gasteiger partial charge in [0.1, 0.15) is 0 Å². The summed E-state index contributed by atoms with van der Waals surface area (Å²) in [6.07, 6.45) is 0. The molecule has 0 aromatic heterocycles. The number of rotatable bonds is 24. The summed E-state index contributed by atoms with van der Waals surface area (Å²) in [7, 11) is 0. The fraction of sp³-hybridized carbons (Fsp3) is 0.114. The molecule has 0 N–H and O–H groups in total. The average molecular weight is 1280 g/mol. The minimum atomic E-state index is 0.897. The Bertz CT molecular complexity index is 3230. The average Bonchev–Trinajstić information content (AvgIpc) is 4.26. The lowest BCUT2D eigenvalue weighted by atomic mass is 10.2. The van der Waals surface area contributed by atoms with Gasteiger partial charge in [-0.05, 0) is 44.5 Å². The van der Waals surface area contributed by atoms with Crippen molar-refractivity contribution < 1.29 is 0 Å². The molecule has 0 atom stereocenters. The summed E-state index contributed by atoms with van der Waals surface area (Å²) in [6.45, 7) is 0. The van der Waals surface area contributed by atoms with Crippen LogP contribution in [0.15, 0.2) is 310 Å². The number of thioether (sulfide) groups is 12. The zero-order valence-corrected chi connectivity index (χ0v) is 54.4. The molecule has 0 aliphatic carbocycles. The summed E-state index contributed by atoms with van der Waals surface area (Å²) in [4.78, 5) is 16.9. The Morgan fingerprint density at radius 1 is 0.171 bits per heavy atom. The second-order valence-electron chi connectivity index (χ2n) is 19.1. The normalized spacial score (nSPS) is 12.7. The van der Waals surface area contributed by atoms with Gasteiger partial charge in [0.05, 0.1) is 8.47 Å². The van der Waals surface area contributed by atoms with Crippen molar-refractivity contribution in [2.75, 3.05) is 0 Å². The van der Waals surface area contributed by atoms with Gasteiger partial charge in [-0.3, -0.25) is 0 Å². The van der Waals surface area contributed by atoms with E-state index in [2.05, 4.69) is 243 Å². The van der Waals surface area contributed by atoms with Gasteiger partial charge >= 0.3 is 0 Å². The van der Waals surface area contributed by atoms with Crippen molar-refractivity contribution in [3.05, 3.63) is 296 Å². The van der Waals surface area contributed by atoms with Crippen LogP contribution in [0.5, 0.6) is 0 Å². The van der Waals surface area contributed by atoms with E-state index >= 15 is 0 Å². The molecule has 12 heteroatoms. The van der Waals surface area contributed by atoms with Gasteiger partial charge in [-0.25, -0.2) is 0 Å². The molecule has 2 heterocycles. The molecule has 12 rings (SSSR count). The molecule has 0 saturated heterocycles. The molecule has 0 bridgehead atoms. The first-order valence-electron chi connectivity index (χ1n) is 26.9. The molecular weight excluding hydrogens is 1230 g/mol. The van der Waals surface area contributed by atoms with Crippen molar-refractivity contribution >= 4 is 141 Å². The Hall–Kier alpha value is -3.86. The quantitative estimate of drug-likeness (QED) is 0.0529.